The van der Waals surface area contributed by atoms with Crippen LogP contribution in [-0.2, 0) is 0 Å². The van der Waals surface area contributed by atoms with Gasteiger partial charge in [0.15, 0.2) is 11.5 Å². The van der Waals surface area contributed by atoms with Crippen molar-refractivity contribution in [3.8, 4) is 23.4 Å². The second-order valence-electron chi connectivity index (χ2n) is 3.46. The largest absolute Gasteiger partial charge is 0.493 e. The van der Waals surface area contributed by atoms with Crippen molar-refractivity contribution in [2.75, 3.05) is 12.8 Å². The molecule has 1 heterocycles. The number of benzene rings is 1. The van der Waals surface area contributed by atoms with Crippen LogP contribution in [0.3, 0.4) is 0 Å². The summed E-state index contributed by atoms with van der Waals surface area (Å²) in [5.41, 5.74) is 6.01. The van der Waals surface area contributed by atoms with Gasteiger partial charge in [0.2, 0.25) is 5.88 Å². The van der Waals surface area contributed by atoms with Gasteiger partial charge in [-0.15, -0.1) is 0 Å². The fraction of sp³-hybridized carbons (Fsp3) is 0.0833. The summed E-state index contributed by atoms with van der Waals surface area (Å²) in [6, 6.07) is 6.74. The highest BCUT2D eigenvalue weighted by Crippen LogP contribution is 2.35. The van der Waals surface area contributed by atoms with Crippen molar-refractivity contribution >= 4 is 17.4 Å². The van der Waals surface area contributed by atoms with Gasteiger partial charge in [-0.2, -0.15) is 10.2 Å². The first-order valence-electron chi connectivity index (χ1n) is 5.17. The lowest BCUT2D eigenvalue weighted by Crippen LogP contribution is -1.97. The Morgan fingerprint density at radius 3 is 2.79 bits per heavy atom. The van der Waals surface area contributed by atoms with E-state index in [1.165, 1.54) is 13.4 Å². The minimum Gasteiger partial charge on any atom is -0.493 e. The summed E-state index contributed by atoms with van der Waals surface area (Å²) in [5, 5.41) is 8.93. The fourth-order valence-corrected chi connectivity index (χ4v) is 1.50. The number of nitriles is 1. The molecule has 2 N–H and O–H groups in total. The number of anilines is 1. The van der Waals surface area contributed by atoms with Crippen LogP contribution in [0.4, 0.5) is 5.82 Å². The average molecular weight is 277 g/mol. The Hall–Kier alpha value is -2.52. The molecule has 0 aliphatic heterocycles. The molecule has 0 saturated carbocycles. The number of hydrogen-bond donors (Lipinski definition) is 1. The third-order valence-corrected chi connectivity index (χ3v) is 2.64. The normalized spacial score (nSPS) is 9.74. The molecule has 0 aliphatic rings. The van der Waals surface area contributed by atoms with Gasteiger partial charge in [0, 0.05) is 6.07 Å². The number of aromatic nitrogens is 2. The highest BCUT2D eigenvalue weighted by atomic mass is 35.5. The molecule has 0 unspecified atom stereocenters. The summed E-state index contributed by atoms with van der Waals surface area (Å²) >= 11 is 5.93. The van der Waals surface area contributed by atoms with Gasteiger partial charge < -0.3 is 15.2 Å². The maximum absolute atomic E-state index is 8.81. The number of ether oxygens (including phenoxy) is 2. The van der Waals surface area contributed by atoms with Gasteiger partial charge in [-0.3, -0.25) is 0 Å². The van der Waals surface area contributed by atoms with E-state index in [0.29, 0.717) is 17.1 Å². The molecule has 0 bridgehead atoms. The van der Waals surface area contributed by atoms with Crippen molar-refractivity contribution in [2.45, 2.75) is 0 Å². The van der Waals surface area contributed by atoms with Crippen molar-refractivity contribution in [2.24, 2.45) is 0 Å². The maximum atomic E-state index is 8.81. The van der Waals surface area contributed by atoms with E-state index in [2.05, 4.69) is 9.97 Å². The van der Waals surface area contributed by atoms with Crippen LogP contribution < -0.4 is 15.2 Å². The van der Waals surface area contributed by atoms with Crippen LogP contribution in [0.15, 0.2) is 24.5 Å². The van der Waals surface area contributed by atoms with Crippen LogP contribution >= 0.6 is 11.6 Å². The third-order valence-electron chi connectivity index (χ3n) is 2.28. The zero-order chi connectivity index (χ0) is 13.8. The molecule has 1 aromatic carbocycles. The number of rotatable bonds is 3. The van der Waals surface area contributed by atoms with E-state index in [0.717, 1.165) is 0 Å². The van der Waals surface area contributed by atoms with Crippen LogP contribution in [0.25, 0.3) is 0 Å². The maximum Gasteiger partial charge on any atom is 0.243 e. The molecule has 2 aromatic rings. The second-order valence-corrected chi connectivity index (χ2v) is 3.84. The van der Waals surface area contributed by atoms with E-state index in [1.54, 1.807) is 18.2 Å². The van der Waals surface area contributed by atoms with Gasteiger partial charge in [0.1, 0.15) is 17.2 Å². The molecular weight excluding hydrogens is 268 g/mol. The van der Waals surface area contributed by atoms with Crippen LogP contribution in [0.2, 0.25) is 5.02 Å². The molecule has 0 radical (unpaired) electrons. The summed E-state index contributed by atoms with van der Waals surface area (Å²) in [6.45, 7) is 0. The topological polar surface area (TPSA) is 94.0 Å². The molecule has 96 valence electrons. The standard InChI is InChI=1S/C12H9ClN4O2/c1-18-9-4-7(5-14)2-3-8(9)19-12-10(13)11(15)16-6-17-12/h2-4,6H,1H3,(H2,15,16,17). The van der Waals surface area contributed by atoms with Crippen LogP contribution in [0.1, 0.15) is 5.56 Å². The molecule has 2 rings (SSSR count). The predicted molar refractivity (Wildman–Crippen MR) is 69.2 cm³/mol. The highest BCUT2D eigenvalue weighted by Gasteiger charge is 2.12. The van der Waals surface area contributed by atoms with Crippen molar-refractivity contribution in [1.29, 1.82) is 5.26 Å². The predicted octanol–water partition coefficient (Wildman–Crippen LogP) is 2.38. The molecule has 1 aromatic heterocycles. The lowest BCUT2D eigenvalue weighted by atomic mass is 10.2. The number of methoxy groups -OCH3 is 1. The molecule has 0 aliphatic carbocycles. The van der Waals surface area contributed by atoms with Gasteiger partial charge in [-0.05, 0) is 12.1 Å². The Kier molecular flexibility index (Phi) is 3.68. The molecule has 0 saturated heterocycles. The van der Waals surface area contributed by atoms with Crippen molar-refractivity contribution in [3.05, 3.63) is 35.1 Å². The molecule has 0 amide bonds. The zero-order valence-electron chi connectivity index (χ0n) is 9.92. The van der Waals surface area contributed by atoms with Crippen LogP contribution in [0, 0.1) is 11.3 Å². The highest BCUT2D eigenvalue weighted by molar-refractivity contribution is 6.34. The number of nitrogen functional groups attached to an aromatic ring is 1. The summed E-state index contributed by atoms with van der Waals surface area (Å²) < 4.78 is 10.7. The Bertz CT molecular complexity index is 655. The smallest absolute Gasteiger partial charge is 0.243 e. The van der Waals surface area contributed by atoms with E-state index < -0.39 is 0 Å². The molecular formula is C12H9ClN4O2. The summed E-state index contributed by atoms with van der Waals surface area (Å²) in [5.74, 6) is 1.02. The first kappa shape index (κ1) is 12.9. The van der Waals surface area contributed by atoms with E-state index in [4.69, 9.17) is 32.1 Å². The Morgan fingerprint density at radius 1 is 1.32 bits per heavy atom. The summed E-state index contributed by atoms with van der Waals surface area (Å²) in [7, 11) is 1.47. The number of nitrogens with two attached hydrogens (primary N) is 1. The number of nitrogens with zero attached hydrogens (tertiary/aromatic N) is 3. The first-order valence-corrected chi connectivity index (χ1v) is 5.55. The van der Waals surface area contributed by atoms with Gasteiger partial charge >= 0.3 is 0 Å². The van der Waals surface area contributed by atoms with Gasteiger partial charge in [0.05, 0.1) is 18.7 Å². The van der Waals surface area contributed by atoms with Crippen molar-refractivity contribution in [1.82, 2.24) is 9.97 Å². The second kappa shape index (κ2) is 5.42. The zero-order valence-corrected chi connectivity index (χ0v) is 10.7. The Morgan fingerprint density at radius 2 is 2.11 bits per heavy atom. The summed E-state index contributed by atoms with van der Waals surface area (Å²) in [4.78, 5) is 7.62. The number of halogens is 1. The Balaban J connectivity index is 2.38. The van der Waals surface area contributed by atoms with Crippen LogP contribution in [-0.4, -0.2) is 17.1 Å². The quantitative estimate of drug-likeness (QED) is 0.925. The van der Waals surface area contributed by atoms with E-state index >= 15 is 0 Å². The van der Waals surface area contributed by atoms with E-state index in [9.17, 15) is 0 Å². The van der Waals surface area contributed by atoms with Crippen molar-refractivity contribution < 1.29 is 9.47 Å². The Labute approximate surface area is 114 Å². The summed E-state index contributed by atoms with van der Waals surface area (Å²) in [6.07, 6.45) is 1.24. The lowest BCUT2D eigenvalue weighted by molar-refractivity contribution is 0.374. The minimum absolute atomic E-state index is 0.119. The van der Waals surface area contributed by atoms with Crippen LogP contribution in [0.5, 0.6) is 17.4 Å². The fourth-order valence-electron chi connectivity index (χ4n) is 1.36. The minimum atomic E-state index is 0.119. The molecule has 0 atom stereocenters. The SMILES string of the molecule is COc1cc(C#N)ccc1Oc1ncnc(N)c1Cl. The van der Waals surface area contributed by atoms with Gasteiger partial charge in [0.25, 0.3) is 0 Å². The van der Waals surface area contributed by atoms with E-state index in [-0.39, 0.29) is 16.7 Å². The molecule has 0 spiro atoms. The molecule has 0 fully saturated rings. The van der Waals surface area contributed by atoms with Gasteiger partial charge in [-0.1, -0.05) is 11.6 Å². The third kappa shape index (κ3) is 2.67. The number of hydrogen-bond acceptors (Lipinski definition) is 6. The van der Waals surface area contributed by atoms with Gasteiger partial charge in [-0.25, -0.2) is 4.98 Å². The molecule has 6 nitrogen and oxygen atoms in total. The monoisotopic (exact) mass is 276 g/mol. The first-order chi connectivity index (χ1) is 9.15. The molecule has 7 heteroatoms. The molecule has 19 heavy (non-hydrogen) atoms. The van der Waals surface area contributed by atoms with Crippen molar-refractivity contribution in [3.63, 3.8) is 0 Å². The lowest BCUT2D eigenvalue weighted by Gasteiger charge is -2.10. The van der Waals surface area contributed by atoms with E-state index in [1.807, 2.05) is 6.07 Å². The average Bonchev–Trinajstić information content (AvgIpc) is 2.44.